The number of amides is 2. The molecule has 2 amide bonds. The maximum absolute atomic E-state index is 12.0. The Labute approximate surface area is 117 Å². The molecule has 1 spiro atoms. The number of nitrogens with one attached hydrogen (secondary N) is 2. The van der Waals surface area contributed by atoms with Crippen LogP contribution in [0, 0.1) is 6.92 Å². The summed E-state index contributed by atoms with van der Waals surface area (Å²) in [6.07, 6.45) is 5.21. The van der Waals surface area contributed by atoms with Crippen LogP contribution in [0.2, 0.25) is 0 Å². The van der Waals surface area contributed by atoms with Crippen molar-refractivity contribution >= 4 is 11.8 Å². The fourth-order valence-electron chi connectivity index (χ4n) is 3.20. The van der Waals surface area contributed by atoms with Crippen molar-refractivity contribution in [3.05, 3.63) is 17.5 Å². The summed E-state index contributed by atoms with van der Waals surface area (Å²) in [6.45, 7) is 1.76. The summed E-state index contributed by atoms with van der Waals surface area (Å²) >= 11 is 0. The molecule has 2 fully saturated rings. The van der Waals surface area contributed by atoms with E-state index in [-0.39, 0.29) is 23.4 Å². The molecular formula is C14H19N3O3. The minimum atomic E-state index is -0.182. The van der Waals surface area contributed by atoms with E-state index in [1.807, 2.05) is 0 Å². The van der Waals surface area contributed by atoms with Gasteiger partial charge in [-0.05, 0) is 39.0 Å². The largest absolute Gasteiger partial charge is 0.361 e. The molecule has 0 aromatic carbocycles. The van der Waals surface area contributed by atoms with E-state index in [0.29, 0.717) is 17.9 Å². The molecule has 1 saturated heterocycles. The second kappa shape index (κ2) is 4.92. The molecule has 1 aromatic heterocycles. The first kappa shape index (κ1) is 13.1. The van der Waals surface area contributed by atoms with E-state index < -0.39 is 0 Å². The van der Waals surface area contributed by atoms with Gasteiger partial charge < -0.3 is 15.2 Å². The number of hydrogen-bond donors (Lipinski definition) is 2. The highest BCUT2D eigenvalue weighted by Crippen LogP contribution is 2.35. The van der Waals surface area contributed by atoms with Crippen molar-refractivity contribution in [3.63, 3.8) is 0 Å². The van der Waals surface area contributed by atoms with E-state index in [2.05, 4.69) is 15.8 Å². The van der Waals surface area contributed by atoms with Crippen molar-refractivity contribution in [1.82, 2.24) is 15.8 Å². The topological polar surface area (TPSA) is 84.2 Å². The first-order valence-electron chi connectivity index (χ1n) is 7.12. The Bertz CT molecular complexity index is 530. The highest BCUT2D eigenvalue weighted by atomic mass is 16.5. The van der Waals surface area contributed by atoms with E-state index in [4.69, 9.17) is 4.52 Å². The lowest BCUT2D eigenvalue weighted by molar-refractivity contribution is -0.120. The van der Waals surface area contributed by atoms with Gasteiger partial charge in [-0.1, -0.05) is 5.16 Å². The molecule has 0 unspecified atom stereocenters. The molecule has 6 heteroatoms. The van der Waals surface area contributed by atoms with Crippen LogP contribution in [0.1, 0.15) is 54.8 Å². The van der Waals surface area contributed by atoms with Crippen molar-refractivity contribution in [2.75, 3.05) is 0 Å². The van der Waals surface area contributed by atoms with Gasteiger partial charge in [0.25, 0.3) is 5.91 Å². The van der Waals surface area contributed by atoms with Crippen LogP contribution in [-0.2, 0) is 4.79 Å². The zero-order valence-corrected chi connectivity index (χ0v) is 11.6. The van der Waals surface area contributed by atoms with E-state index >= 15 is 0 Å². The van der Waals surface area contributed by atoms with E-state index in [9.17, 15) is 9.59 Å². The molecule has 2 heterocycles. The number of hydrogen-bond acceptors (Lipinski definition) is 4. The predicted octanol–water partition coefficient (Wildman–Crippen LogP) is 1.30. The summed E-state index contributed by atoms with van der Waals surface area (Å²) in [5, 5.41) is 9.81. The normalized spacial score (nSPS) is 29.4. The number of carbonyl (C=O) groups is 2. The van der Waals surface area contributed by atoms with Crippen LogP contribution in [0.15, 0.2) is 10.6 Å². The van der Waals surface area contributed by atoms with Crippen LogP contribution in [0.5, 0.6) is 0 Å². The number of nitrogens with zero attached hydrogens (tertiary/aromatic N) is 1. The van der Waals surface area contributed by atoms with Gasteiger partial charge >= 0.3 is 0 Å². The maximum Gasteiger partial charge on any atom is 0.273 e. The molecular weight excluding hydrogens is 258 g/mol. The molecule has 108 valence electrons. The van der Waals surface area contributed by atoms with Crippen LogP contribution in [0.25, 0.3) is 0 Å². The highest BCUT2D eigenvalue weighted by molar-refractivity contribution is 5.92. The Morgan fingerprint density at radius 1 is 1.45 bits per heavy atom. The van der Waals surface area contributed by atoms with Gasteiger partial charge in [0.2, 0.25) is 5.91 Å². The summed E-state index contributed by atoms with van der Waals surface area (Å²) in [5.41, 5.74) is 0.319. The van der Waals surface area contributed by atoms with Crippen LogP contribution < -0.4 is 10.6 Å². The molecule has 20 heavy (non-hydrogen) atoms. The smallest absolute Gasteiger partial charge is 0.273 e. The lowest BCUT2D eigenvalue weighted by Gasteiger charge is -2.37. The molecule has 6 nitrogen and oxygen atoms in total. The Kier molecular flexibility index (Phi) is 3.23. The van der Waals surface area contributed by atoms with Crippen LogP contribution in [0.4, 0.5) is 0 Å². The fourth-order valence-corrected chi connectivity index (χ4v) is 3.20. The zero-order chi connectivity index (χ0) is 14.2. The molecule has 1 aliphatic heterocycles. The molecule has 0 radical (unpaired) electrons. The van der Waals surface area contributed by atoms with Gasteiger partial charge in [0.1, 0.15) is 5.76 Å². The quantitative estimate of drug-likeness (QED) is 0.853. The van der Waals surface area contributed by atoms with Crippen molar-refractivity contribution in [2.45, 2.75) is 57.0 Å². The van der Waals surface area contributed by atoms with Crippen LogP contribution >= 0.6 is 0 Å². The van der Waals surface area contributed by atoms with Crippen LogP contribution in [-0.4, -0.2) is 28.6 Å². The second-order valence-electron chi connectivity index (χ2n) is 5.90. The van der Waals surface area contributed by atoms with Crippen molar-refractivity contribution in [1.29, 1.82) is 0 Å². The van der Waals surface area contributed by atoms with Crippen LogP contribution in [0.3, 0.4) is 0 Å². The number of aromatic nitrogens is 1. The van der Waals surface area contributed by atoms with E-state index in [1.54, 1.807) is 13.0 Å². The summed E-state index contributed by atoms with van der Waals surface area (Å²) in [5.74, 6) is 0.607. The van der Waals surface area contributed by atoms with Gasteiger partial charge in [-0.25, -0.2) is 0 Å². The SMILES string of the molecule is Cc1cc(C(=O)NC2CCC3(CCC(=O)N3)CC2)no1. The fraction of sp³-hybridized carbons (Fsp3) is 0.643. The molecule has 0 atom stereocenters. The van der Waals surface area contributed by atoms with E-state index in [0.717, 1.165) is 32.1 Å². The number of rotatable bonds is 2. The Balaban J connectivity index is 1.54. The highest BCUT2D eigenvalue weighted by Gasteiger charge is 2.40. The molecule has 0 bridgehead atoms. The minimum Gasteiger partial charge on any atom is -0.361 e. The standard InChI is InChI=1S/C14H19N3O3/c1-9-8-11(17-20-9)13(19)15-10-2-5-14(6-3-10)7-4-12(18)16-14/h8,10H,2-7H2,1H3,(H,15,19)(H,16,18). The number of carbonyl (C=O) groups excluding carboxylic acids is 2. The summed E-state index contributed by atoms with van der Waals surface area (Å²) in [4.78, 5) is 23.4. The molecule has 1 aromatic rings. The van der Waals surface area contributed by atoms with Gasteiger partial charge in [-0.3, -0.25) is 9.59 Å². The minimum absolute atomic E-state index is 0.0111. The van der Waals surface area contributed by atoms with Crippen molar-refractivity contribution < 1.29 is 14.1 Å². The lowest BCUT2D eigenvalue weighted by atomic mass is 9.78. The monoisotopic (exact) mass is 277 g/mol. The average Bonchev–Trinajstić information content (AvgIpc) is 3.00. The molecule has 2 aliphatic rings. The van der Waals surface area contributed by atoms with Crippen molar-refractivity contribution in [3.8, 4) is 0 Å². The zero-order valence-electron chi connectivity index (χ0n) is 11.6. The van der Waals surface area contributed by atoms with Gasteiger partial charge in [0.15, 0.2) is 5.69 Å². The Hall–Kier alpha value is -1.85. The first-order valence-corrected chi connectivity index (χ1v) is 7.12. The third kappa shape index (κ3) is 2.55. The summed E-state index contributed by atoms with van der Waals surface area (Å²) in [6, 6.07) is 1.79. The Morgan fingerprint density at radius 2 is 2.20 bits per heavy atom. The predicted molar refractivity (Wildman–Crippen MR) is 71.1 cm³/mol. The van der Waals surface area contributed by atoms with Gasteiger partial charge in [-0.2, -0.15) is 0 Å². The van der Waals surface area contributed by atoms with Gasteiger partial charge in [0.05, 0.1) is 0 Å². The third-order valence-electron chi connectivity index (χ3n) is 4.37. The first-order chi connectivity index (χ1) is 9.56. The van der Waals surface area contributed by atoms with Crippen molar-refractivity contribution in [2.24, 2.45) is 0 Å². The lowest BCUT2D eigenvalue weighted by Crippen LogP contribution is -2.49. The Morgan fingerprint density at radius 3 is 2.75 bits per heavy atom. The van der Waals surface area contributed by atoms with E-state index in [1.165, 1.54) is 0 Å². The maximum atomic E-state index is 12.0. The summed E-state index contributed by atoms with van der Waals surface area (Å²) in [7, 11) is 0. The van der Waals surface area contributed by atoms with Gasteiger partial charge in [0, 0.05) is 24.1 Å². The summed E-state index contributed by atoms with van der Waals surface area (Å²) < 4.78 is 4.90. The second-order valence-corrected chi connectivity index (χ2v) is 5.90. The molecule has 1 aliphatic carbocycles. The molecule has 2 N–H and O–H groups in total. The third-order valence-corrected chi connectivity index (χ3v) is 4.37. The molecule has 1 saturated carbocycles. The van der Waals surface area contributed by atoms with Gasteiger partial charge in [-0.15, -0.1) is 0 Å². The molecule has 3 rings (SSSR count). The average molecular weight is 277 g/mol. The number of aryl methyl sites for hydroxylation is 1.